The van der Waals surface area contributed by atoms with Crippen molar-refractivity contribution in [2.45, 2.75) is 32.4 Å². The summed E-state index contributed by atoms with van der Waals surface area (Å²) >= 11 is 0. The Morgan fingerprint density at radius 2 is 2.00 bits per heavy atom. The number of likely N-dealkylation sites (N-methyl/N-ethyl adjacent to an activating group) is 1. The summed E-state index contributed by atoms with van der Waals surface area (Å²) in [5.74, 6) is -2.22. The first kappa shape index (κ1) is 18.0. The van der Waals surface area contributed by atoms with E-state index in [-0.39, 0.29) is 30.5 Å². The fourth-order valence-corrected chi connectivity index (χ4v) is 1.99. The second-order valence-corrected chi connectivity index (χ2v) is 5.21. The Kier molecular flexibility index (Phi) is 6.42. The number of hydrogen-bond acceptors (Lipinski definition) is 3. The topological polar surface area (TPSA) is 75.4 Å². The maximum Gasteiger partial charge on any atom is 0.225 e. The molecule has 0 aliphatic rings. The summed E-state index contributed by atoms with van der Waals surface area (Å²) in [6.45, 7) is 3.34. The van der Waals surface area contributed by atoms with Crippen molar-refractivity contribution < 1.29 is 18.4 Å². The number of carbonyl (C=O) groups excluding carboxylic acids is 2. The first-order valence-electron chi connectivity index (χ1n) is 6.94. The van der Waals surface area contributed by atoms with Gasteiger partial charge in [0.25, 0.3) is 0 Å². The average molecular weight is 313 g/mol. The van der Waals surface area contributed by atoms with Crippen LogP contribution in [0.25, 0.3) is 0 Å². The molecule has 1 aromatic rings. The normalized spacial score (nSPS) is 13.4. The molecule has 0 heterocycles. The lowest BCUT2D eigenvalue weighted by atomic mass is 10.0. The van der Waals surface area contributed by atoms with Gasteiger partial charge in [0.05, 0.1) is 12.5 Å². The molecular weight excluding hydrogens is 292 g/mol. The lowest BCUT2D eigenvalue weighted by molar-refractivity contribution is -0.132. The Labute approximate surface area is 128 Å². The molecule has 7 heteroatoms. The van der Waals surface area contributed by atoms with Crippen molar-refractivity contribution >= 4 is 11.8 Å². The van der Waals surface area contributed by atoms with Gasteiger partial charge >= 0.3 is 0 Å². The Bertz CT molecular complexity index is 552. The zero-order chi connectivity index (χ0) is 16.9. The van der Waals surface area contributed by atoms with Gasteiger partial charge in [0.15, 0.2) is 0 Å². The van der Waals surface area contributed by atoms with Gasteiger partial charge in [0.1, 0.15) is 11.6 Å². The summed E-state index contributed by atoms with van der Waals surface area (Å²) in [6, 6.07) is 2.00. The molecule has 122 valence electrons. The predicted octanol–water partition coefficient (Wildman–Crippen LogP) is 1.34. The fourth-order valence-electron chi connectivity index (χ4n) is 1.99. The second-order valence-electron chi connectivity index (χ2n) is 5.21. The molecule has 0 aliphatic carbocycles. The Hall–Kier alpha value is -2.02. The molecule has 0 bridgehead atoms. The quantitative estimate of drug-likeness (QED) is 0.832. The number of amides is 2. The van der Waals surface area contributed by atoms with Gasteiger partial charge in [-0.25, -0.2) is 8.78 Å². The zero-order valence-corrected chi connectivity index (χ0v) is 12.9. The van der Waals surface area contributed by atoms with Crippen LogP contribution in [-0.4, -0.2) is 36.3 Å². The van der Waals surface area contributed by atoms with Crippen molar-refractivity contribution in [1.29, 1.82) is 0 Å². The zero-order valence-electron chi connectivity index (χ0n) is 12.9. The highest BCUT2D eigenvalue weighted by Gasteiger charge is 2.24. The summed E-state index contributed by atoms with van der Waals surface area (Å²) in [5, 5.41) is 2.52. The molecule has 0 radical (unpaired) electrons. The third-order valence-electron chi connectivity index (χ3n) is 3.49. The summed E-state index contributed by atoms with van der Waals surface area (Å²) in [7, 11) is 1.59. The molecule has 2 atom stereocenters. The summed E-state index contributed by atoms with van der Waals surface area (Å²) in [5.41, 5.74) is 5.58. The smallest absolute Gasteiger partial charge is 0.225 e. The van der Waals surface area contributed by atoms with Crippen LogP contribution < -0.4 is 11.1 Å². The molecule has 0 saturated heterocycles. The van der Waals surface area contributed by atoms with Crippen molar-refractivity contribution in [2.75, 3.05) is 13.6 Å². The van der Waals surface area contributed by atoms with E-state index in [0.717, 1.165) is 12.1 Å². The molecule has 2 unspecified atom stereocenters. The fraction of sp³-hybridized carbons (Fsp3) is 0.467. The number of carbonyl (C=O) groups is 2. The first-order valence-corrected chi connectivity index (χ1v) is 6.94. The lowest BCUT2D eigenvalue weighted by Gasteiger charge is -2.26. The van der Waals surface area contributed by atoms with E-state index in [1.807, 2.05) is 0 Å². The van der Waals surface area contributed by atoms with E-state index >= 15 is 0 Å². The second kappa shape index (κ2) is 7.84. The molecule has 1 rings (SSSR count). The number of rotatable bonds is 6. The van der Waals surface area contributed by atoms with Crippen LogP contribution >= 0.6 is 0 Å². The maximum absolute atomic E-state index is 13.9. The molecule has 1 aromatic carbocycles. The van der Waals surface area contributed by atoms with E-state index in [1.54, 1.807) is 14.0 Å². The summed E-state index contributed by atoms with van der Waals surface area (Å²) < 4.78 is 26.9. The number of hydrogen-bond donors (Lipinski definition) is 2. The lowest BCUT2D eigenvalue weighted by Crippen LogP contribution is -2.41. The number of nitrogens with two attached hydrogens (primary N) is 1. The molecule has 2 amide bonds. The summed E-state index contributed by atoms with van der Waals surface area (Å²) in [4.78, 5) is 24.9. The minimum Gasteiger partial charge on any atom is -0.349 e. The molecule has 0 aromatic heterocycles. The molecule has 3 N–H and O–H groups in total. The van der Waals surface area contributed by atoms with Gasteiger partial charge in [-0.3, -0.25) is 9.59 Å². The van der Waals surface area contributed by atoms with Crippen LogP contribution in [0.5, 0.6) is 0 Å². The van der Waals surface area contributed by atoms with Crippen LogP contribution in [0.2, 0.25) is 0 Å². The van der Waals surface area contributed by atoms with Crippen molar-refractivity contribution in [3.63, 3.8) is 0 Å². The monoisotopic (exact) mass is 313 g/mol. The highest BCUT2D eigenvalue weighted by atomic mass is 19.1. The number of nitrogens with one attached hydrogen (secondary N) is 1. The third kappa shape index (κ3) is 4.77. The Morgan fingerprint density at radius 3 is 2.50 bits per heavy atom. The van der Waals surface area contributed by atoms with Gasteiger partial charge in [-0.1, -0.05) is 6.07 Å². The minimum absolute atomic E-state index is 0.0683. The standard InChI is InChI=1S/C15H21F2N3O2/c1-9(8-18)20(3)15(22)7-14(19-10(2)21)12-5-4-11(16)6-13(12)17/h4-6,9,14H,7-8,18H2,1-3H3,(H,19,21). The third-order valence-corrected chi connectivity index (χ3v) is 3.49. The van der Waals surface area contributed by atoms with Crippen LogP contribution in [0, 0.1) is 11.6 Å². The Morgan fingerprint density at radius 1 is 1.36 bits per heavy atom. The summed E-state index contributed by atoms with van der Waals surface area (Å²) in [6.07, 6.45) is -0.136. The molecule has 0 fully saturated rings. The van der Waals surface area contributed by atoms with Gasteiger partial charge in [-0.05, 0) is 13.0 Å². The minimum atomic E-state index is -0.863. The largest absolute Gasteiger partial charge is 0.349 e. The van der Waals surface area contributed by atoms with Crippen LogP contribution in [0.1, 0.15) is 31.9 Å². The molecule has 22 heavy (non-hydrogen) atoms. The molecule has 0 saturated carbocycles. The van der Waals surface area contributed by atoms with E-state index in [9.17, 15) is 18.4 Å². The van der Waals surface area contributed by atoms with Crippen LogP contribution in [-0.2, 0) is 9.59 Å². The molecular formula is C15H21F2N3O2. The number of benzene rings is 1. The van der Waals surface area contributed by atoms with E-state index < -0.39 is 23.6 Å². The van der Waals surface area contributed by atoms with Gasteiger partial charge in [-0.2, -0.15) is 0 Å². The van der Waals surface area contributed by atoms with Gasteiger partial charge in [-0.15, -0.1) is 0 Å². The average Bonchev–Trinajstić information content (AvgIpc) is 2.44. The van der Waals surface area contributed by atoms with Crippen molar-refractivity contribution in [3.05, 3.63) is 35.4 Å². The number of halogens is 2. The SMILES string of the molecule is CC(=O)NC(CC(=O)N(C)C(C)CN)c1ccc(F)cc1F. The van der Waals surface area contributed by atoms with E-state index in [0.29, 0.717) is 0 Å². The predicted molar refractivity (Wildman–Crippen MR) is 78.8 cm³/mol. The molecule has 0 spiro atoms. The van der Waals surface area contributed by atoms with Crippen LogP contribution in [0.4, 0.5) is 8.78 Å². The van der Waals surface area contributed by atoms with Crippen molar-refractivity contribution in [3.8, 4) is 0 Å². The highest BCUT2D eigenvalue weighted by Crippen LogP contribution is 2.22. The number of nitrogens with zero attached hydrogens (tertiary/aromatic N) is 1. The van der Waals surface area contributed by atoms with E-state index in [2.05, 4.69) is 5.32 Å². The van der Waals surface area contributed by atoms with Gasteiger partial charge < -0.3 is 16.0 Å². The van der Waals surface area contributed by atoms with Crippen molar-refractivity contribution in [2.24, 2.45) is 5.73 Å². The van der Waals surface area contributed by atoms with E-state index in [4.69, 9.17) is 5.73 Å². The molecule has 0 aliphatic heterocycles. The van der Waals surface area contributed by atoms with Gasteiger partial charge in [0, 0.05) is 38.2 Å². The highest BCUT2D eigenvalue weighted by molar-refractivity contribution is 5.79. The maximum atomic E-state index is 13.9. The van der Waals surface area contributed by atoms with Crippen molar-refractivity contribution in [1.82, 2.24) is 10.2 Å². The van der Waals surface area contributed by atoms with Gasteiger partial charge in [0.2, 0.25) is 11.8 Å². The Balaban J connectivity index is 2.98. The molecule has 5 nitrogen and oxygen atoms in total. The van der Waals surface area contributed by atoms with Crippen LogP contribution in [0.15, 0.2) is 18.2 Å². The van der Waals surface area contributed by atoms with E-state index in [1.165, 1.54) is 17.9 Å². The van der Waals surface area contributed by atoms with Crippen LogP contribution in [0.3, 0.4) is 0 Å². The first-order chi connectivity index (χ1) is 10.3.